The monoisotopic (exact) mass is 681 g/mol. The van der Waals surface area contributed by atoms with Crippen LogP contribution in [0.15, 0.2) is 47.5 Å². The van der Waals surface area contributed by atoms with Gasteiger partial charge in [0, 0.05) is 34.4 Å². The minimum atomic E-state index is -5.05. The standard InChI is InChI=1S/C28H18ClF10N5O2/c1-43-23-18(44(9-19(32)33)26(43)40-10-27(34,35)36)8-17(41-24(45)11-4-12(28(37,38)39)6-14(31)5-11)20-21(23)25(46)42-22(20)15-7-13(30)2-3-16(15)29/h2-8,19,22H,9-10H2,1H3,(H,41,45)(H,42,46). The van der Waals surface area contributed by atoms with Gasteiger partial charge in [-0.1, -0.05) is 11.6 Å². The number of aromatic nitrogens is 2. The van der Waals surface area contributed by atoms with E-state index >= 15 is 0 Å². The highest BCUT2D eigenvalue weighted by molar-refractivity contribution is 6.31. The van der Waals surface area contributed by atoms with E-state index < -0.39 is 83.8 Å². The summed E-state index contributed by atoms with van der Waals surface area (Å²) in [6.07, 6.45) is -13.0. The Hall–Kier alpha value is -4.54. The molecule has 3 aromatic carbocycles. The molecule has 0 bridgehead atoms. The molecule has 0 fully saturated rings. The summed E-state index contributed by atoms with van der Waals surface area (Å²) >= 11 is 6.27. The van der Waals surface area contributed by atoms with Crippen LogP contribution in [-0.4, -0.2) is 40.1 Å². The van der Waals surface area contributed by atoms with Crippen LogP contribution in [0.1, 0.15) is 43.4 Å². The molecule has 1 unspecified atom stereocenters. The Balaban J connectivity index is 1.82. The largest absolute Gasteiger partial charge is 0.416 e. The Morgan fingerprint density at radius 2 is 1.74 bits per heavy atom. The number of nitrogens with zero attached hydrogens (tertiary/aromatic N) is 3. The number of alkyl halides is 8. The number of fused-ring (bicyclic) bond motifs is 3. The molecule has 1 aliphatic rings. The van der Waals surface area contributed by atoms with Gasteiger partial charge >= 0.3 is 12.4 Å². The summed E-state index contributed by atoms with van der Waals surface area (Å²) in [5.74, 6) is -4.52. The van der Waals surface area contributed by atoms with Crippen LogP contribution in [-0.2, 0) is 19.8 Å². The first kappa shape index (κ1) is 32.8. The quantitative estimate of drug-likeness (QED) is 0.221. The van der Waals surface area contributed by atoms with Gasteiger partial charge in [0.25, 0.3) is 18.2 Å². The van der Waals surface area contributed by atoms with Crippen molar-refractivity contribution in [2.75, 3.05) is 11.9 Å². The molecule has 0 aliphatic carbocycles. The number of nitrogens with one attached hydrogen (secondary N) is 2. The van der Waals surface area contributed by atoms with Crippen molar-refractivity contribution in [3.63, 3.8) is 0 Å². The number of imidazole rings is 1. The number of aryl methyl sites for hydroxylation is 1. The zero-order valence-corrected chi connectivity index (χ0v) is 23.7. The first-order valence-corrected chi connectivity index (χ1v) is 13.3. The molecule has 1 atom stereocenters. The maximum Gasteiger partial charge on any atom is 0.416 e. The molecule has 7 nitrogen and oxygen atoms in total. The van der Waals surface area contributed by atoms with Crippen LogP contribution in [0.3, 0.4) is 0 Å². The number of benzene rings is 3. The minimum Gasteiger partial charge on any atom is -0.341 e. The highest BCUT2D eigenvalue weighted by atomic mass is 35.5. The topological polar surface area (TPSA) is 80.4 Å². The number of hydrogen-bond donors (Lipinski definition) is 2. The summed E-state index contributed by atoms with van der Waals surface area (Å²) in [5, 5.41) is 4.68. The molecule has 244 valence electrons. The van der Waals surface area contributed by atoms with Gasteiger partial charge in [-0.15, -0.1) is 0 Å². The second kappa shape index (κ2) is 11.7. The molecule has 18 heteroatoms. The summed E-state index contributed by atoms with van der Waals surface area (Å²) < 4.78 is 137. The Morgan fingerprint density at radius 1 is 1.04 bits per heavy atom. The van der Waals surface area contributed by atoms with Crippen molar-refractivity contribution in [1.29, 1.82) is 0 Å². The number of halogens is 11. The van der Waals surface area contributed by atoms with Crippen LogP contribution >= 0.6 is 11.6 Å². The summed E-state index contributed by atoms with van der Waals surface area (Å²) in [5.41, 5.74) is -4.54. The normalized spacial score (nSPS) is 15.5. The van der Waals surface area contributed by atoms with E-state index in [0.29, 0.717) is 16.7 Å². The second-order valence-corrected chi connectivity index (χ2v) is 10.5. The maximum absolute atomic E-state index is 14.3. The lowest BCUT2D eigenvalue weighted by molar-refractivity contribution is -0.137. The van der Waals surface area contributed by atoms with Gasteiger partial charge in [-0.25, -0.2) is 22.6 Å². The second-order valence-electron chi connectivity index (χ2n) is 10.1. The van der Waals surface area contributed by atoms with Crippen LogP contribution in [0.5, 0.6) is 0 Å². The zero-order chi connectivity index (χ0) is 33.9. The van der Waals surface area contributed by atoms with Crippen molar-refractivity contribution in [2.45, 2.75) is 31.4 Å². The van der Waals surface area contributed by atoms with E-state index in [1.807, 2.05) is 0 Å². The average Bonchev–Trinajstić information content (AvgIpc) is 3.41. The van der Waals surface area contributed by atoms with E-state index in [2.05, 4.69) is 15.6 Å². The lowest BCUT2D eigenvalue weighted by Gasteiger charge is -2.19. The molecular formula is C28H18ClF10N5O2. The van der Waals surface area contributed by atoms with Crippen molar-refractivity contribution in [1.82, 2.24) is 14.5 Å². The molecule has 46 heavy (non-hydrogen) atoms. The first-order valence-electron chi connectivity index (χ1n) is 12.9. The fraction of sp³-hybridized carbons (Fsp3) is 0.250. The van der Waals surface area contributed by atoms with Gasteiger partial charge in [0.15, 0.2) is 0 Å². The number of rotatable bonds is 6. The molecule has 2 amide bonds. The van der Waals surface area contributed by atoms with Crippen LogP contribution in [0, 0.1) is 11.6 Å². The van der Waals surface area contributed by atoms with Gasteiger partial charge in [-0.05, 0) is 42.5 Å². The van der Waals surface area contributed by atoms with E-state index in [9.17, 15) is 53.5 Å². The number of carbonyl (C=O) groups excluding carboxylic acids is 2. The SMILES string of the molecule is Cn1c(=NCC(F)(F)F)n(CC(F)F)c2cc(NC(=O)c3cc(F)cc(C(F)(F)F)c3)c3c(c21)C(=O)NC3c1cc(F)ccc1Cl. The molecule has 4 aromatic rings. The van der Waals surface area contributed by atoms with Gasteiger partial charge in [0.2, 0.25) is 5.62 Å². The summed E-state index contributed by atoms with van der Waals surface area (Å²) in [7, 11) is 1.15. The number of anilines is 1. The molecule has 5 rings (SSSR count). The summed E-state index contributed by atoms with van der Waals surface area (Å²) in [4.78, 5) is 30.2. The molecule has 0 saturated carbocycles. The van der Waals surface area contributed by atoms with Gasteiger partial charge in [-0.3, -0.25) is 9.59 Å². The van der Waals surface area contributed by atoms with Crippen LogP contribution in [0.2, 0.25) is 5.02 Å². The Labute approximate surface area is 256 Å². The van der Waals surface area contributed by atoms with E-state index in [1.165, 1.54) is 0 Å². The lowest BCUT2D eigenvalue weighted by Crippen LogP contribution is -2.29. The third-order valence-electron chi connectivity index (χ3n) is 7.00. The van der Waals surface area contributed by atoms with E-state index in [0.717, 1.165) is 35.9 Å². The van der Waals surface area contributed by atoms with Gasteiger partial charge in [-0.2, -0.15) is 26.3 Å². The minimum absolute atomic E-state index is 0.0645. The van der Waals surface area contributed by atoms with Crippen LogP contribution in [0.25, 0.3) is 11.0 Å². The molecule has 1 aromatic heterocycles. The molecular weight excluding hydrogens is 664 g/mol. The lowest BCUT2D eigenvalue weighted by atomic mass is 9.95. The molecule has 0 radical (unpaired) electrons. The van der Waals surface area contributed by atoms with Crippen molar-refractivity contribution in [3.8, 4) is 0 Å². The van der Waals surface area contributed by atoms with Crippen molar-refractivity contribution >= 4 is 40.1 Å². The third-order valence-corrected chi connectivity index (χ3v) is 7.35. The third kappa shape index (κ3) is 6.27. The highest BCUT2D eigenvalue weighted by Gasteiger charge is 2.39. The molecule has 1 aliphatic heterocycles. The Kier molecular flexibility index (Phi) is 8.33. The molecule has 0 spiro atoms. The van der Waals surface area contributed by atoms with E-state index in [-0.39, 0.29) is 38.8 Å². The number of amides is 2. The predicted octanol–water partition coefficient (Wildman–Crippen LogP) is 6.74. The average molecular weight is 682 g/mol. The summed E-state index contributed by atoms with van der Waals surface area (Å²) in [6.45, 7) is -3.01. The van der Waals surface area contributed by atoms with Gasteiger partial charge in [0.1, 0.15) is 18.2 Å². The van der Waals surface area contributed by atoms with Crippen LogP contribution < -0.4 is 16.3 Å². The number of carbonyl (C=O) groups is 2. The van der Waals surface area contributed by atoms with Crippen LogP contribution in [0.4, 0.5) is 49.6 Å². The fourth-order valence-electron chi connectivity index (χ4n) is 5.23. The zero-order valence-electron chi connectivity index (χ0n) is 22.9. The maximum atomic E-state index is 14.3. The first-order chi connectivity index (χ1) is 21.4. The fourth-order valence-corrected chi connectivity index (χ4v) is 5.46. The van der Waals surface area contributed by atoms with Crippen molar-refractivity contribution in [3.05, 3.63) is 92.6 Å². The predicted molar refractivity (Wildman–Crippen MR) is 143 cm³/mol. The summed E-state index contributed by atoms with van der Waals surface area (Å²) in [6, 6.07) is 3.68. The number of hydrogen-bond acceptors (Lipinski definition) is 3. The van der Waals surface area contributed by atoms with E-state index in [4.69, 9.17) is 11.6 Å². The Bertz CT molecular complexity index is 1960. The molecule has 0 saturated heterocycles. The highest BCUT2D eigenvalue weighted by Crippen LogP contribution is 2.43. The smallest absolute Gasteiger partial charge is 0.341 e. The molecule has 2 heterocycles. The molecule has 2 N–H and O–H groups in total. The van der Waals surface area contributed by atoms with Gasteiger partial charge < -0.3 is 19.8 Å². The van der Waals surface area contributed by atoms with Crippen molar-refractivity contribution in [2.24, 2.45) is 12.0 Å². The van der Waals surface area contributed by atoms with Gasteiger partial charge in [0.05, 0.1) is 34.7 Å². The van der Waals surface area contributed by atoms with Crippen molar-refractivity contribution < 1.29 is 53.5 Å². The van der Waals surface area contributed by atoms with E-state index in [1.54, 1.807) is 0 Å². The Morgan fingerprint density at radius 3 is 2.37 bits per heavy atom.